The molecule has 10 heteroatoms. The second-order valence-electron chi connectivity index (χ2n) is 12.2. The molecule has 1 aliphatic carbocycles. The van der Waals surface area contributed by atoms with Crippen molar-refractivity contribution < 1.29 is 27.8 Å². The summed E-state index contributed by atoms with van der Waals surface area (Å²) in [6.45, 7) is 5.21. The van der Waals surface area contributed by atoms with Crippen molar-refractivity contribution in [3.05, 3.63) is 48.5 Å². The summed E-state index contributed by atoms with van der Waals surface area (Å²) < 4.78 is 42.4. The molecule has 0 bridgehead atoms. The number of likely N-dealkylation sites (tertiary alicyclic amines) is 1. The molecule has 2 heterocycles. The zero-order chi connectivity index (χ0) is 30.1. The van der Waals surface area contributed by atoms with Crippen LogP contribution in [0.3, 0.4) is 0 Å². The number of methoxy groups -OCH3 is 1. The highest BCUT2D eigenvalue weighted by atomic mass is 32.2. The van der Waals surface area contributed by atoms with Gasteiger partial charge in [0.05, 0.1) is 23.1 Å². The first-order valence-electron chi connectivity index (χ1n) is 14.8. The maximum Gasteiger partial charge on any atom is 0.240 e. The molecular weight excluding hydrogens is 554 g/mol. The number of amides is 1. The molecule has 1 atom stereocenters. The van der Waals surface area contributed by atoms with Gasteiger partial charge >= 0.3 is 0 Å². The lowest BCUT2D eigenvalue weighted by molar-refractivity contribution is -0.142. The number of hydrogen-bond acceptors (Lipinski definition) is 6. The molecule has 2 N–H and O–H groups in total. The van der Waals surface area contributed by atoms with E-state index in [4.69, 9.17) is 9.47 Å². The van der Waals surface area contributed by atoms with Crippen LogP contribution >= 0.6 is 0 Å². The Morgan fingerprint density at radius 2 is 1.74 bits per heavy atom. The van der Waals surface area contributed by atoms with Crippen molar-refractivity contribution in [2.24, 2.45) is 13.0 Å². The van der Waals surface area contributed by atoms with E-state index in [-0.39, 0.29) is 28.8 Å². The van der Waals surface area contributed by atoms with Gasteiger partial charge in [0.2, 0.25) is 15.9 Å². The Labute approximate surface area is 248 Å². The Morgan fingerprint density at radius 3 is 2.40 bits per heavy atom. The largest absolute Gasteiger partial charge is 0.491 e. The third-order valence-corrected chi connectivity index (χ3v) is 10.3. The van der Waals surface area contributed by atoms with Gasteiger partial charge in [-0.05, 0) is 100 Å². The Morgan fingerprint density at radius 1 is 1.02 bits per heavy atom. The number of benzene rings is 2. The standard InChI is InChI=1S/C32H43N3O6S/c1-32(2,37)30-6-5-17-35(30)31(36)23-7-12-25(13-8-23)33-42(38,39)27-16-11-24-20-28(34(3)29(24)21-27)22-9-14-26(15-10-22)41-19-18-40-4/h9-11,14-16,20-21,23,25,30,33,37H,5-8,12-13,17-19H2,1-4H3/t23-,25-,30-/m1/s1. The Bertz CT molecular complexity index is 1500. The summed E-state index contributed by atoms with van der Waals surface area (Å²) in [7, 11) is -0.166. The predicted octanol–water partition coefficient (Wildman–Crippen LogP) is 4.47. The topological polar surface area (TPSA) is 110 Å². The van der Waals surface area contributed by atoms with Gasteiger partial charge < -0.3 is 24.0 Å². The highest BCUT2D eigenvalue weighted by molar-refractivity contribution is 7.89. The first kappa shape index (κ1) is 30.5. The maximum absolute atomic E-state index is 13.4. The summed E-state index contributed by atoms with van der Waals surface area (Å²) in [6.07, 6.45) is 4.21. The lowest BCUT2D eigenvalue weighted by Crippen LogP contribution is -2.50. The van der Waals surface area contributed by atoms with E-state index < -0.39 is 15.6 Å². The molecule has 1 aliphatic heterocycles. The van der Waals surface area contributed by atoms with E-state index in [0.717, 1.165) is 40.8 Å². The van der Waals surface area contributed by atoms with Gasteiger partial charge in [-0.2, -0.15) is 0 Å². The van der Waals surface area contributed by atoms with Crippen LogP contribution in [0.1, 0.15) is 52.4 Å². The molecule has 228 valence electrons. The highest BCUT2D eigenvalue weighted by Crippen LogP contribution is 2.34. The van der Waals surface area contributed by atoms with Crippen molar-refractivity contribution in [3.63, 3.8) is 0 Å². The smallest absolute Gasteiger partial charge is 0.240 e. The van der Waals surface area contributed by atoms with Gasteiger partial charge in [0.25, 0.3) is 0 Å². The van der Waals surface area contributed by atoms with Crippen molar-refractivity contribution in [2.75, 3.05) is 26.9 Å². The van der Waals surface area contributed by atoms with Gasteiger partial charge in [-0.1, -0.05) is 6.07 Å². The van der Waals surface area contributed by atoms with E-state index in [1.54, 1.807) is 33.1 Å². The molecule has 2 aromatic carbocycles. The average Bonchev–Trinajstić information content (AvgIpc) is 3.59. The molecule has 0 radical (unpaired) electrons. The molecule has 0 spiro atoms. The predicted molar refractivity (Wildman–Crippen MR) is 163 cm³/mol. The lowest BCUT2D eigenvalue weighted by atomic mass is 9.85. The number of aryl methyl sites for hydroxylation is 1. The van der Waals surface area contributed by atoms with Crippen molar-refractivity contribution in [3.8, 4) is 17.0 Å². The van der Waals surface area contributed by atoms with Crippen LogP contribution < -0.4 is 9.46 Å². The number of sulfonamides is 1. The fourth-order valence-corrected chi connectivity index (χ4v) is 7.79. The number of rotatable bonds is 10. The first-order chi connectivity index (χ1) is 20.0. The number of nitrogens with one attached hydrogen (secondary N) is 1. The highest BCUT2D eigenvalue weighted by Gasteiger charge is 2.41. The van der Waals surface area contributed by atoms with Gasteiger partial charge in [-0.25, -0.2) is 13.1 Å². The van der Waals surface area contributed by atoms with E-state index in [1.165, 1.54) is 0 Å². The second-order valence-corrected chi connectivity index (χ2v) is 13.9. The summed E-state index contributed by atoms with van der Waals surface area (Å²) in [5.74, 6) is 0.735. The van der Waals surface area contributed by atoms with Crippen LogP contribution in [-0.2, 0) is 26.6 Å². The van der Waals surface area contributed by atoms with Crippen molar-refractivity contribution >= 4 is 26.8 Å². The normalized spacial score (nSPS) is 21.6. The van der Waals surface area contributed by atoms with E-state index in [0.29, 0.717) is 45.4 Å². The quantitative estimate of drug-likeness (QED) is 0.334. The zero-order valence-corrected chi connectivity index (χ0v) is 25.8. The number of fused-ring (bicyclic) bond motifs is 1. The Balaban J connectivity index is 1.23. The Kier molecular flexibility index (Phi) is 8.99. The van der Waals surface area contributed by atoms with Crippen molar-refractivity contribution in [2.45, 2.75) is 75.0 Å². The van der Waals surface area contributed by atoms with Gasteiger partial charge in [0.15, 0.2) is 0 Å². The fourth-order valence-electron chi connectivity index (χ4n) is 6.46. The molecule has 1 saturated heterocycles. The van der Waals surface area contributed by atoms with Crippen LogP contribution in [0.25, 0.3) is 22.2 Å². The van der Waals surface area contributed by atoms with E-state index in [9.17, 15) is 18.3 Å². The molecule has 1 amide bonds. The van der Waals surface area contributed by atoms with Gasteiger partial charge in [0, 0.05) is 49.3 Å². The molecular formula is C32H43N3O6S. The Hall–Kier alpha value is -2.92. The number of carbonyl (C=O) groups is 1. The number of ether oxygens (including phenoxy) is 2. The summed E-state index contributed by atoms with van der Waals surface area (Å²) in [5, 5.41) is 11.5. The number of carbonyl (C=O) groups excluding carboxylic acids is 1. The van der Waals surface area contributed by atoms with Gasteiger partial charge in [0.1, 0.15) is 12.4 Å². The van der Waals surface area contributed by atoms with Gasteiger partial charge in [-0.15, -0.1) is 0 Å². The summed E-state index contributed by atoms with van der Waals surface area (Å²) >= 11 is 0. The monoisotopic (exact) mass is 597 g/mol. The number of hydrogen-bond donors (Lipinski definition) is 2. The summed E-state index contributed by atoms with van der Waals surface area (Å²) in [4.78, 5) is 15.3. The van der Waals surface area contributed by atoms with E-state index in [2.05, 4.69) is 10.8 Å². The van der Waals surface area contributed by atoms with Crippen LogP contribution in [0.5, 0.6) is 5.75 Å². The molecule has 3 aromatic rings. The maximum atomic E-state index is 13.4. The molecule has 42 heavy (non-hydrogen) atoms. The molecule has 9 nitrogen and oxygen atoms in total. The summed E-state index contributed by atoms with van der Waals surface area (Å²) in [5.41, 5.74) is 1.88. The van der Waals surface area contributed by atoms with Crippen LogP contribution in [0, 0.1) is 5.92 Å². The fraction of sp³-hybridized carbons (Fsp3) is 0.531. The molecule has 0 unspecified atom stereocenters. The number of nitrogens with zero attached hydrogens (tertiary/aromatic N) is 2. The van der Waals surface area contributed by atoms with Crippen molar-refractivity contribution in [1.82, 2.24) is 14.2 Å². The third-order valence-electron chi connectivity index (χ3n) is 8.78. The molecule has 2 fully saturated rings. The van der Waals surface area contributed by atoms with Crippen LogP contribution in [-0.4, -0.2) is 73.5 Å². The van der Waals surface area contributed by atoms with E-state index >= 15 is 0 Å². The lowest BCUT2D eigenvalue weighted by Gasteiger charge is -2.37. The molecule has 5 rings (SSSR count). The molecule has 1 aromatic heterocycles. The summed E-state index contributed by atoms with van der Waals surface area (Å²) in [6, 6.07) is 14.7. The molecule has 2 aliphatic rings. The number of aliphatic hydroxyl groups is 1. The first-order valence-corrected chi connectivity index (χ1v) is 16.3. The van der Waals surface area contributed by atoms with E-state index in [1.807, 2.05) is 46.8 Å². The van der Waals surface area contributed by atoms with Crippen molar-refractivity contribution in [1.29, 1.82) is 0 Å². The molecule has 1 saturated carbocycles. The minimum atomic E-state index is -3.74. The van der Waals surface area contributed by atoms with Crippen LogP contribution in [0.15, 0.2) is 53.4 Å². The number of aromatic nitrogens is 1. The third kappa shape index (κ3) is 6.51. The van der Waals surface area contributed by atoms with Crippen LogP contribution in [0.2, 0.25) is 0 Å². The average molecular weight is 598 g/mol. The second kappa shape index (κ2) is 12.4. The minimum Gasteiger partial charge on any atom is -0.491 e. The van der Waals surface area contributed by atoms with Gasteiger partial charge in [-0.3, -0.25) is 4.79 Å². The van der Waals surface area contributed by atoms with Crippen LogP contribution in [0.4, 0.5) is 0 Å². The minimum absolute atomic E-state index is 0.0964. The SMILES string of the molecule is COCCOc1ccc(-c2cc3ccc(S(=O)(=O)N[C@H]4CC[C@H](C(=O)N5CCC[C@@H]5C(C)(C)O)CC4)cc3n2C)cc1. The zero-order valence-electron chi connectivity index (χ0n) is 25.0.